The molecule has 1 aromatic rings. The second kappa shape index (κ2) is 6.33. The maximum absolute atomic E-state index is 12.7. The van der Waals surface area contributed by atoms with Crippen molar-refractivity contribution in [3.05, 3.63) is 28.8 Å². The van der Waals surface area contributed by atoms with Crippen LogP contribution in [0, 0.1) is 17.3 Å². The van der Waals surface area contributed by atoms with Crippen LogP contribution >= 0.6 is 11.6 Å². The molecule has 0 unspecified atom stereocenters. The minimum Gasteiger partial charge on any atom is -0.481 e. The van der Waals surface area contributed by atoms with Gasteiger partial charge in [0, 0.05) is 18.1 Å². The van der Waals surface area contributed by atoms with Crippen LogP contribution in [-0.4, -0.2) is 40.9 Å². The number of carboxylic acids is 1. The molecule has 0 radical (unpaired) electrons. The van der Waals surface area contributed by atoms with Crippen molar-refractivity contribution in [3.63, 3.8) is 0 Å². The number of nitrogens with one attached hydrogen (secondary N) is 1. The van der Waals surface area contributed by atoms with Crippen molar-refractivity contribution in [3.8, 4) is 0 Å². The molecule has 7 heteroatoms. The van der Waals surface area contributed by atoms with Gasteiger partial charge in [0.15, 0.2) is 0 Å². The van der Waals surface area contributed by atoms with E-state index in [0.29, 0.717) is 29.4 Å². The lowest BCUT2D eigenvalue weighted by Crippen LogP contribution is -2.29. The van der Waals surface area contributed by atoms with Crippen LogP contribution in [0.1, 0.15) is 37.0 Å². The Labute approximate surface area is 151 Å². The largest absolute Gasteiger partial charge is 0.481 e. The van der Waals surface area contributed by atoms with Gasteiger partial charge >= 0.3 is 5.97 Å². The van der Waals surface area contributed by atoms with Crippen molar-refractivity contribution >= 4 is 35.1 Å². The summed E-state index contributed by atoms with van der Waals surface area (Å²) in [6.45, 7) is 4.91. The minimum atomic E-state index is -0.982. The third-order valence-corrected chi connectivity index (χ3v) is 5.47. The molecule has 1 saturated heterocycles. The molecule has 2 fully saturated rings. The standard InChI is InChI=1S/C18H21ClN2O4/c1-18(2)13(14(18)17(24)25)15(22)20-12-9-10(19)5-6-11(12)16(23)21-7-3-4-8-21/h5-6,9,13-14H,3-4,7-8H2,1-2H3,(H,20,22)(H,24,25)/t13-,14-/m0/s1. The van der Waals surface area contributed by atoms with E-state index in [0.717, 1.165) is 12.8 Å². The fraction of sp³-hybridized carbons (Fsp3) is 0.500. The molecule has 2 amide bonds. The highest BCUT2D eigenvalue weighted by molar-refractivity contribution is 6.31. The van der Waals surface area contributed by atoms with Gasteiger partial charge in [-0.25, -0.2) is 0 Å². The third kappa shape index (κ3) is 3.23. The first kappa shape index (κ1) is 17.7. The summed E-state index contributed by atoms with van der Waals surface area (Å²) >= 11 is 6.02. The number of benzene rings is 1. The molecule has 0 aromatic heterocycles. The molecule has 25 heavy (non-hydrogen) atoms. The second-order valence-electron chi connectivity index (χ2n) is 7.29. The molecule has 0 bridgehead atoms. The number of anilines is 1. The molecular formula is C18H21ClN2O4. The smallest absolute Gasteiger partial charge is 0.307 e. The Balaban J connectivity index is 1.82. The van der Waals surface area contributed by atoms with Gasteiger partial charge < -0.3 is 15.3 Å². The number of rotatable bonds is 4. The number of amides is 2. The van der Waals surface area contributed by atoms with Crippen LogP contribution in [0.3, 0.4) is 0 Å². The van der Waals surface area contributed by atoms with Crippen LogP contribution in [0.15, 0.2) is 18.2 Å². The van der Waals surface area contributed by atoms with Crippen molar-refractivity contribution < 1.29 is 19.5 Å². The van der Waals surface area contributed by atoms with E-state index in [9.17, 15) is 19.5 Å². The van der Waals surface area contributed by atoms with Gasteiger partial charge in [0.1, 0.15) is 0 Å². The van der Waals surface area contributed by atoms with Gasteiger partial charge in [-0.15, -0.1) is 0 Å². The first-order valence-electron chi connectivity index (χ1n) is 8.36. The average molecular weight is 365 g/mol. The minimum absolute atomic E-state index is 0.144. The SMILES string of the molecule is CC1(C)[C@H](C(=O)O)[C@H]1C(=O)Nc1cc(Cl)ccc1C(=O)N1CCCC1. The zero-order valence-corrected chi connectivity index (χ0v) is 15.0. The van der Waals surface area contributed by atoms with E-state index < -0.39 is 29.1 Å². The predicted molar refractivity (Wildman–Crippen MR) is 93.6 cm³/mol. The number of hydrogen-bond acceptors (Lipinski definition) is 3. The Kier molecular flexibility index (Phi) is 4.49. The van der Waals surface area contributed by atoms with Crippen molar-refractivity contribution in [2.75, 3.05) is 18.4 Å². The quantitative estimate of drug-likeness (QED) is 0.860. The Hall–Kier alpha value is -2.08. The normalized spacial score (nSPS) is 24.0. The lowest BCUT2D eigenvalue weighted by molar-refractivity contribution is -0.140. The number of hydrogen-bond donors (Lipinski definition) is 2. The van der Waals surface area contributed by atoms with Gasteiger partial charge in [0.05, 0.1) is 23.1 Å². The number of carbonyl (C=O) groups is 3. The number of nitrogens with zero attached hydrogens (tertiary/aromatic N) is 1. The molecule has 1 saturated carbocycles. The Morgan fingerprint density at radius 3 is 2.40 bits per heavy atom. The summed E-state index contributed by atoms with van der Waals surface area (Å²) in [5.41, 5.74) is 0.111. The molecule has 1 aromatic carbocycles. The Morgan fingerprint density at radius 2 is 1.84 bits per heavy atom. The third-order valence-electron chi connectivity index (χ3n) is 5.24. The van der Waals surface area contributed by atoms with Crippen molar-refractivity contribution in [1.82, 2.24) is 4.90 Å². The van der Waals surface area contributed by atoms with Gasteiger partial charge in [-0.05, 0) is 36.5 Å². The van der Waals surface area contributed by atoms with Crippen LogP contribution in [0.2, 0.25) is 5.02 Å². The molecule has 6 nitrogen and oxygen atoms in total. The molecule has 1 heterocycles. The highest BCUT2D eigenvalue weighted by Crippen LogP contribution is 2.58. The van der Waals surface area contributed by atoms with Crippen LogP contribution < -0.4 is 5.32 Å². The highest BCUT2D eigenvalue weighted by Gasteiger charge is 2.65. The topological polar surface area (TPSA) is 86.7 Å². The molecule has 3 rings (SSSR count). The van der Waals surface area contributed by atoms with Crippen molar-refractivity contribution in [2.24, 2.45) is 17.3 Å². The molecule has 2 N–H and O–H groups in total. The van der Waals surface area contributed by atoms with E-state index in [-0.39, 0.29) is 5.91 Å². The van der Waals surface area contributed by atoms with E-state index in [1.165, 1.54) is 6.07 Å². The summed E-state index contributed by atoms with van der Waals surface area (Å²) in [6, 6.07) is 4.75. The molecule has 0 spiro atoms. The van der Waals surface area contributed by atoms with Crippen LogP contribution in [-0.2, 0) is 9.59 Å². The maximum Gasteiger partial charge on any atom is 0.307 e. The average Bonchev–Trinajstić information content (AvgIpc) is 2.88. The van der Waals surface area contributed by atoms with E-state index in [2.05, 4.69) is 5.32 Å². The highest BCUT2D eigenvalue weighted by atomic mass is 35.5. The maximum atomic E-state index is 12.7. The molecular weight excluding hydrogens is 344 g/mol. The fourth-order valence-electron chi connectivity index (χ4n) is 3.70. The lowest BCUT2D eigenvalue weighted by atomic mass is 10.1. The van der Waals surface area contributed by atoms with Gasteiger partial charge in [0.25, 0.3) is 5.91 Å². The first-order chi connectivity index (χ1) is 11.7. The summed E-state index contributed by atoms with van der Waals surface area (Å²) in [5.74, 6) is -2.86. The number of carbonyl (C=O) groups excluding carboxylic acids is 2. The molecule has 1 aliphatic carbocycles. The summed E-state index contributed by atoms with van der Waals surface area (Å²) in [5, 5.41) is 12.4. The van der Waals surface area contributed by atoms with Gasteiger partial charge in [-0.1, -0.05) is 25.4 Å². The van der Waals surface area contributed by atoms with Crippen LogP contribution in [0.25, 0.3) is 0 Å². The number of halogens is 1. The van der Waals surface area contributed by atoms with E-state index >= 15 is 0 Å². The molecule has 134 valence electrons. The summed E-state index contributed by atoms with van der Waals surface area (Å²) in [4.78, 5) is 38.3. The Morgan fingerprint density at radius 1 is 1.20 bits per heavy atom. The van der Waals surface area contributed by atoms with Crippen molar-refractivity contribution in [2.45, 2.75) is 26.7 Å². The van der Waals surface area contributed by atoms with Gasteiger partial charge in [-0.2, -0.15) is 0 Å². The van der Waals surface area contributed by atoms with E-state index in [4.69, 9.17) is 11.6 Å². The monoisotopic (exact) mass is 364 g/mol. The zero-order chi connectivity index (χ0) is 18.4. The number of carboxylic acid groups (broad SMARTS) is 1. The molecule has 2 aliphatic rings. The Bertz CT molecular complexity index is 741. The number of likely N-dealkylation sites (tertiary alicyclic amines) is 1. The predicted octanol–water partition coefficient (Wildman–Crippen LogP) is 2.87. The van der Waals surface area contributed by atoms with Crippen LogP contribution in [0.4, 0.5) is 5.69 Å². The molecule has 2 atom stereocenters. The zero-order valence-electron chi connectivity index (χ0n) is 14.2. The summed E-state index contributed by atoms with van der Waals surface area (Å²) in [7, 11) is 0. The second-order valence-corrected chi connectivity index (χ2v) is 7.73. The summed E-state index contributed by atoms with van der Waals surface area (Å²) in [6.07, 6.45) is 1.94. The first-order valence-corrected chi connectivity index (χ1v) is 8.74. The number of aliphatic carboxylic acids is 1. The van der Waals surface area contributed by atoms with Gasteiger partial charge in [0.2, 0.25) is 5.91 Å². The van der Waals surface area contributed by atoms with Crippen LogP contribution in [0.5, 0.6) is 0 Å². The van der Waals surface area contributed by atoms with E-state index in [1.807, 2.05) is 0 Å². The molecule has 1 aliphatic heterocycles. The van der Waals surface area contributed by atoms with E-state index in [1.54, 1.807) is 30.9 Å². The summed E-state index contributed by atoms with van der Waals surface area (Å²) < 4.78 is 0. The van der Waals surface area contributed by atoms with Crippen molar-refractivity contribution in [1.29, 1.82) is 0 Å². The van der Waals surface area contributed by atoms with Gasteiger partial charge in [-0.3, -0.25) is 14.4 Å². The fourth-order valence-corrected chi connectivity index (χ4v) is 3.87. The lowest BCUT2D eigenvalue weighted by Gasteiger charge is -2.18.